The number of carbonyl (C=O) groups is 2. The third kappa shape index (κ3) is 6.94. The number of carbonyl (C=O) groups excluding carboxylic acids is 2. The van der Waals surface area contributed by atoms with Crippen LogP contribution in [0.15, 0.2) is 54.7 Å². The summed E-state index contributed by atoms with van der Waals surface area (Å²) in [6.45, 7) is 1.75. The summed E-state index contributed by atoms with van der Waals surface area (Å²) in [6.07, 6.45) is -1.14. The van der Waals surface area contributed by atoms with Gasteiger partial charge in [0.15, 0.2) is 11.5 Å². The van der Waals surface area contributed by atoms with Crippen molar-refractivity contribution in [2.75, 3.05) is 24.1 Å². The highest BCUT2D eigenvalue weighted by Crippen LogP contribution is 2.29. The standard InChI is InChI=1S/C25H26F3N7O2/c26-25(27,28)17-6-8-18(9-7-17)34-24(37)32-12-15-3-1-4-16(11-15)20-14-31-22(29)21(35-20)23(36)33-19-5-2-10-30-13-19/h1,3-4,6-9,11,14,19,30H,2,5,10,12-13H2,(H2,29,31)(H,33,36)(H2,32,34,37). The van der Waals surface area contributed by atoms with Crippen LogP contribution in [0.4, 0.5) is 29.5 Å². The fraction of sp³-hybridized carbons (Fsp3) is 0.280. The normalized spacial score (nSPS) is 15.6. The Morgan fingerprint density at radius 3 is 2.62 bits per heavy atom. The van der Waals surface area contributed by atoms with Crippen LogP contribution in [-0.4, -0.2) is 41.0 Å². The lowest BCUT2D eigenvalue weighted by molar-refractivity contribution is -0.137. The highest BCUT2D eigenvalue weighted by Gasteiger charge is 2.30. The van der Waals surface area contributed by atoms with Crippen molar-refractivity contribution in [1.82, 2.24) is 25.9 Å². The second-order valence-electron chi connectivity index (χ2n) is 8.59. The van der Waals surface area contributed by atoms with E-state index in [2.05, 4.69) is 31.2 Å². The predicted molar refractivity (Wildman–Crippen MR) is 133 cm³/mol. The van der Waals surface area contributed by atoms with E-state index in [9.17, 15) is 22.8 Å². The molecule has 9 nitrogen and oxygen atoms in total. The fourth-order valence-corrected chi connectivity index (χ4v) is 3.87. The van der Waals surface area contributed by atoms with Gasteiger partial charge in [0.25, 0.3) is 5.91 Å². The van der Waals surface area contributed by atoms with Crippen molar-refractivity contribution in [2.24, 2.45) is 0 Å². The second-order valence-corrected chi connectivity index (χ2v) is 8.59. The van der Waals surface area contributed by atoms with Gasteiger partial charge < -0.3 is 27.0 Å². The van der Waals surface area contributed by atoms with E-state index < -0.39 is 23.7 Å². The van der Waals surface area contributed by atoms with Gasteiger partial charge in [0.1, 0.15) is 0 Å². The number of anilines is 2. The Hall–Kier alpha value is -4.19. The number of piperidine rings is 1. The van der Waals surface area contributed by atoms with E-state index >= 15 is 0 Å². The molecule has 37 heavy (non-hydrogen) atoms. The molecule has 0 spiro atoms. The van der Waals surface area contributed by atoms with E-state index in [4.69, 9.17) is 5.73 Å². The van der Waals surface area contributed by atoms with Gasteiger partial charge >= 0.3 is 12.2 Å². The van der Waals surface area contributed by atoms with E-state index in [-0.39, 0.29) is 29.8 Å². The molecule has 0 aliphatic carbocycles. The molecule has 4 rings (SSSR count). The Labute approximate surface area is 211 Å². The molecular weight excluding hydrogens is 487 g/mol. The van der Waals surface area contributed by atoms with Gasteiger partial charge in [-0.1, -0.05) is 18.2 Å². The van der Waals surface area contributed by atoms with Crippen molar-refractivity contribution in [3.8, 4) is 11.3 Å². The number of hydrogen-bond donors (Lipinski definition) is 5. The van der Waals surface area contributed by atoms with Crippen molar-refractivity contribution < 1.29 is 22.8 Å². The molecule has 1 atom stereocenters. The lowest BCUT2D eigenvalue weighted by atomic mass is 10.1. The van der Waals surface area contributed by atoms with Gasteiger partial charge in [-0.15, -0.1) is 0 Å². The minimum atomic E-state index is -4.45. The highest BCUT2D eigenvalue weighted by atomic mass is 19.4. The lowest BCUT2D eigenvalue weighted by Gasteiger charge is -2.23. The molecule has 2 aromatic carbocycles. The summed E-state index contributed by atoms with van der Waals surface area (Å²) >= 11 is 0. The molecule has 1 fully saturated rings. The van der Waals surface area contributed by atoms with Crippen molar-refractivity contribution in [3.05, 3.63) is 71.5 Å². The number of nitrogens with zero attached hydrogens (tertiary/aromatic N) is 2. The molecule has 1 saturated heterocycles. The van der Waals surface area contributed by atoms with Gasteiger partial charge in [0, 0.05) is 30.4 Å². The Kier molecular flexibility index (Phi) is 7.87. The van der Waals surface area contributed by atoms with E-state index in [1.807, 2.05) is 0 Å². The summed E-state index contributed by atoms with van der Waals surface area (Å²) in [7, 11) is 0. The van der Waals surface area contributed by atoms with Gasteiger partial charge in [-0.05, 0) is 55.3 Å². The van der Waals surface area contributed by atoms with Crippen LogP contribution in [0.25, 0.3) is 11.3 Å². The van der Waals surface area contributed by atoms with Crippen molar-refractivity contribution >= 4 is 23.4 Å². The molecule has 0 saturated carbocycles. The molecule has 0 bridgehead atoms. The molecular formula is C25H26F3N7O2. The first-order valence-corrected chi connectivity index (χ1v) is 11.6. The monoisotopic (exact) mass is 513 g/mol. The minimum absolute atomic E-state index is 0.00534. The summed E-state index contributed by atoms with van der Waals surface area (Å²) in [5.41, 5.74) is 7.24. The summed E-state index contributed by atoms with van der Waals surface area (Å²) in [5.74, 6) is -0.360. The van der Waals surface area contributed by atoms with Gasteiger partial charge in [0.2, 0.25) is 0 Å². The van der Waals surface area contributed by atoms with Crippen LogP contribution < -0.4 is 27.0 Å². The predicted octanol–water partition coefficient (Wildman–Crippen LogP) is 3.55. The molecule has 6 N–H and O–H groups in total. The molecule has 12 heteroatoms. The fourth-order valence-electron chi connectivity index (χ4n) is 3.87. The van der Waals surface area contributed by atoms with Crippen molar-refractivity contribution in [2.45, 2.75) is 31.6 Å². The minimum Gasteiger partial charge on any atom is -0.382 e. The number of aromatic nitrogens is 2. The van der Waals surface area contributed by atoms with Crippen molar-refractivity contribution in [1.29, 1.82) is 0 Å². The van der Waals surface area contributed by atoms with Crippen LogP contribution in [0.5, 0.6) is 0 Å². The number of rotatable bonds is 6. The summed E-state index contributed by atoms with van der Waals surface area (Å²) in [5, 5.41) is 11.3. The summed E-state index contributed by atoms with van der Waals surface area (Å²) in [4.78, 5) is 33.5. The smallest absolute Gasteiger partial charge is 0.382 e. The molecule has 1 aliphatic rings. The highest BCUT2D eigenvalue weighted by molar-refractivity contribution is 5.97. The van der Waals surface area contributed by atoms with Gasteiger partial charge in [-0.2, -0.15) is 13.2 Å². The Balaban J connectivity index is 1.38. The van der Waals surface area contributed by atoms with E-state index in [1.54, 1.807) is 24.3 Å². The number of urea groups is 1. The van der Waals surface area contributed by atoms with Crippen LogP contribution in [0.2, 0.25) is 0 Å². The van der Waals surface area contributed by atoms with Crippen LogP contribution in [0.3, 0.4) is 0 Å². The summed E-state index contributed by atoms with van der Waals surface area (Å²) < 4.78 is 38.1. The third-order valence-corrected chi connectivity index (χ3v) is 5.79. The third-order valence-electron chi connectivity index (χ3n) is 5.79. The van der Waals surface area contributed by atoms with E-state index in [0.29, 0.717) is 17.8 Å². The average Bonchev–Trinajstić information content (AvgIpc) is 2.88. The van der Waals surface area contributed by atoms with E-state index in [1.165, 1.54) is 18.3 Å². The first-order chi connectivity index (χ1) is 17.7. The number of nitrogen functional groups attached to an aromatic ring is 1. The quantitative estimate of drug-likeness (QED) is 0.342. The zero-order valence-corrected chi connectivity index (χ0v) is 19.7. The number of halogens is 3. The van der Waals surface area contributed by atoms with Gasteiger partial charge in [-0.25, -0.2) is 14.8 Å². The van der Waals surface area contributed by atoms with E-state index in [0.717, 1.165) is 37.1 Å². The topological polar surface area (TPSA) is 134 Å². The van der Waals surface area contributed by atoms with Crippen LogP contribution in [0.1, 0.15) is 34.5 Å². The molecule has 1 unspecified atom stereocenters. The zero-order chi connectivity index (χ0) is 26.4. The first-order valence-electron chi connectivity index (χ1n) is 11.6. The van der Waals surface area contributed by atoms with Crippen molar-refractivity contribution in [3.63, 3.8) is 0 Å². The first kappa shape index (κ1) is 25.9. The number of nitrogens with two attached hydrogens (primary N) is 1. The maximum atomic E-state index is 12.7. The molecule has 2 heterocycles. The maximum absolute atomic E-state index is 12.7. The number of alkyl halides is 3. The Morgan fingerprint density at radius 2 is 1.92 bits per heavy atom. The van der Waals surface area contributed by atoms with Crippen LogP contribution in [-0.2, 0) is 12.7 Å². The number of hydrogen-bond acceptors (Lipinski definition) is 6. The van der Waals surface area contributed by atoms with Gasteiger partial charge in [0.05, 0.1) is 17.5 Å². The molecule has 1 aliphatic heterocycles. The molecule has 194 valence electrons. The average molecular weight is 514 g/mol. The Morgan fingerprint density at radius 1 is 1.14 bits per heavy atom. The largest absolute Gasteiger partial charge is 0.416 e. The molecule has 3 aromatic rings. The summed E-state index contributed by atoms with van der Waals surface area (Å²) in [6, 6.07) is 10.7. The van der Waals surface area contributed by atoms with Crippen LogP contribution in [0, 0.1) is 0 Å². The van der Waals surface area contributed by atoms with Gasteiger partial charge in [-0.3, -0.25) is 4.79 Å². The second kappa shape index (κ2) is 11.2. The zero-order valence-electron chi connectivity index (χ0n) is 19.7. The Bertz CT molecular complexity index is 1260. The number of nitrogens with one attached hydrogen (secondary N) is 4. The molecule has 0 radical (unpaired) electrons. The lowest BCUT2D eigenvalue weighted by Crippen LogP contribution is -2.46. The molecule has 1 aromatic heterocycles. The SMILES string of the molecule is Nc1ncc(-c2cccc(CNC(=O)Nc3ccc(C(F)(F)F)cc3)c2)nc1C(=O)NC1CCCNC1. The number of benzene rings is 2. The number of amides is 3. The molecule has 3 amide bonds. The maximum Gasteiger partial charge on any atom is 0.416 e. The van der Waals surface area contributed by atoms with Crippen LogP contribution >= 0.6 is 0 Å².